The Bertz CT molecular complexity index is 1040. The molecule has 0 radical (unpaired) electrons. The lowest BCUT2D eigenvalue weighted by Crippen LogP contribution is -2.29. The number of carbonyl (C=O) groups excluding carboxylic acids is 4. The highest BCUT2D eigenvalue weighted by atomic mass is 16.5. The molecular formula is C24H24N2O5. The first-order valence-electron chi connectivity index (χ1n) is 10.0. The summed E-state index contributed by atoms with van der Waals surface area (Å²) in [4.78, 5) is 50.1. The molecule has 0 aliphatic carbocycles. The summed E-state index contributed by atoms with van der Waals surface area (Å²) in [6.07, 6.45) is 2.48. The summed E-state index contributed by atoms with van der Waals surface area (Å²) >= 11 is 0. The van der Waals surface area contributed by atoms with Gasteiger partial charge in [-0.3, -0.25) is 19.3 Å². The Kier molecular flexibility index (Phi) is 6.65. The zero-order chi connectivity index (χ0) is 22.5. The first kappa shape index (κ1) is 22.0. The quantitative estimate of drug-likeness (QED) is 0.399. The van der Waals surface area contributed by atoms with Gasteiger partial charge in [-0.15, -0.1) is 6.58 Å². The fraction of sp³-hybridized carbons (Fsp3) is 0.250. The summed E-state index contributed by atoms with van der Waals surface area (Å²) < 4.78 is 5.06. The van der Waals surface area contributed by atoms with Crippen LogP contribution in [0.3, 0.4) is 0 Å². The Labute approximate surface area is 180 Å². The van der Waals surface area contributed by atoms with Crippen LogP contribution >= 0.6 is 0 Å². The van der Waals surface area contributed by atoms with Crippen LogP contribution in [0.15, 0.2) is 55.1 Å². The zero-order valence-electron chi connectivity index (χ0n) is 17.5. The van der Waals surface area contributed by atoms with Gasteiger partial charge in [0.25, 0.3) is 17.7 Å². The van der Waals surface area contributed by atoms with Crippen LogP contribution in [0.2, 0.25) is 0 Å². The van der Waals surface area contributed by atoms with E-state index in [0.29, 0.717) is 11.6 Å². The lowest BCUT2D eigenvalue weighted by Gasteiger charge is -2.11. The lowest BCUT2D eigenvalue weighted by molar-refractivity contribution is -0.119. The van der Waals surface area contributed by atoms with Crippen LogP contribution in [0.25, 0.3) is 0 Å². The minimum atomic E-state index is -0.757. The molecule has 3 rings (SSSR count). The monoisotopic (exact) mass is 420 g/mol. The van der Waals surface area contributed by atoms with Crippen LogP contribution in [-0.4, -0.2) is 41.7 Å². The van der Waals surface area contributed by atoms with E-state index >= 15 is 0 Å². The van der Waals surface area contributed by atoms with Crippen LogP contribution in [0.5, 0.6) is 0 Å². The van der Waals surface area contributed by atoms with Crippen molar-refractivity contribution in [3.63, 3.8) is 0 Å². The minimum Gasteiger partial charge on any atom is -0.452 e. The number of hydrogen-bond acceptors (Lipinski definition) is 5. The SMILES string of the molecule is C=CCN1C(=O)c2ccc(C(=O)OCC(=O)Nc3ccc([C@@H](C)CC)cc3)cc2C1=O. The van der Waals surface area contributed by atoms with Crippen molar-refractivity contribution in [2.24, 2.45) is 0 Å². The molecule has 0 saturated carbocycles. The standard InChI is InChI=1S/C24H24N2O5/c1-4-12-26-22(28)19-11-8-17(13-20(19)23(26)29)24(30)31-14-21(27)25-18-9-6-16(7-10-18)15(3)5-2/h4,6-11,13,15H,1,5,12,14H2,2-3H3,(H,25,27)/t15-/m0/s1. The zero-order valence-corrected chi connectivity index (χ0v) is 17.5. The number of fused-ring (bicyclic) bond motifs is 1. The van der Waals surface area contributed by atoms with Gasteiger partial charge in [-0.1, -0.05) is 32.1 Å². The number of amides is 3. The minimum absolute atomic E-state index is 0.0879. The maximum atomic E-state index is 12.4. The smallest absolute Gasteiger partial charge is 0.338 e. The van der Waals surface area contributed by atoms with Crippen molar-refractivity contribution in [2.75, 3.05) is 18.5 Å². The summed E-state index contributed by atoms with van der Waals surface area (Å²) in [5.74, 6) is -1.72. The Morgan fingerprint density at radius 2 is 1.77 bits per heavy atom. The summed E-state index contributed by atoms with van der Waals surface area (Å²) in [5.41, 5.74) is 2.24. The average molecular weight is 420 g/mol. The van der Waals surface area contributed by atoms with Crippen molar-refractivity contribution < 1.29 is 23.9 Å². The van der Waals surface area contributed by atoms with E-state index in [1.807, 2.05) is 12.1 Å². The second-order valence-electron chi connectivity index (χ2n) is 7.33. The van der Waals surface area contributed by atoms with Gasteiger partial charge in [-0.2, -0.15) is 0 Å². The third-order valence-corrected chi connectivity index (χ3v) is 5.23. The Hall–Kier alpha value is -3.74. The molecule has 7 nitrogen and oxygen atoms in total. The highest BCUT2D eigenvalue weighted by Crippen LogP contribution is 2.24. The normalized spacial score (nSPS) is 13.5. The predicted octanol–water partition coefficient (Wildman–Crippen LogP) is 3.78. The maximum Gasteiger partial charge on any atom is 0.338 e. The first-order chi connectivity index (χ1) is 14.8. The van der Waals surface area contributed by atoms with E-state index in [1.165, 1.54) is 29.8 Å². The van der Waals surface area contributed by atoms with Crippen molar-refractivity contribution in [1.82, 2.24) is 4.90 Å². The van der Waals surface area contributed by atoms with Gasteiger partial charge in [-0.25, -0.2) is 4.79 Å². The molecule has 3 amide bonds. The van der Waals surface area contributed by atoms with Crippen molar-refractivity contribution in [3.8, 4) is 0 Å². The third kappa shape index (κ3) is 4.71. The van der Waals surface area contributed by atoms with E-state index in [1.54, 1.807) is 12.1 Å². The molecule has 0 fully saturated rings. The van der Waals surface area contributed by atoms with E-state index in [0.717, 1.165) is 11.3 Å². The molecule has 160 valence electrons. The van der Waals surface area contributed by atoms with Gasteiger partial charge in [0, 0.05) is 12.2 Å². The lowest BCUT2D eigenvalue weighted by atomic mass is 9.99. The summed E-state index contributed by atoms with van der Waals surface area (Å²) in [6, 6.07) is 11.6. The van der Waals surface area contributed by atoms with Gasteiger partial charge in [0.15, 0.2) is 6.61 Å². The van der Waals surface area contributed by atoms with Gasteiger partial charge in [-0.05, 0) is 48.2 Å². The fourth-order valence-electron chi connectivity index (χ4n) is 3.25. The average Bonchev–Trinajstić information content (AvgIpc) is 3.02. The number of nitrogens with one attached hydrogen (secondary N) is 1. The molecule has 0 unspecified atom stereocenters. The van der Waals surface area contributed by atoms with Crippen LogP contribution in [-0.2, 0) is 9.53 Å². The Balaban J connectivity index is 1.59. The molecule has 1 atom stereocenters. The molecule has 1 aliphatic heterocycles. The molecule has 0 aromatic heterocycles. The fourth-order valence-corrected chi connectivity index (χ4v) is 3.25. The number of carbonyl (C=O) groups is 4. The number of benzene rings is 2. The van der Waals surface area contributed by atoms with Crippen LogP contribution < -0.4 is 5.32 Å². The van der Waals surface area contributed by atoms with Gasteiger partial charge < -0.3 is 10.1 Å². The van der Waals surface area contributed by atoms with E-state index in [2.05, 4.69) is 25.7 Å². The summed E-state index contributed by atoms with van der Waals surface area (Å²) in [5, 5.41) is 2.68. The molecule has 2 aromatic carbocycles. The molecule has 7 heteroatoms. The molecular weight excluding hydrogens is 396 g/mol. The second-order valence-corrected chi connectivity index (χ2v) is 7.33. The number of imide groups is 1. The number of nitrogens with zero attached hydrogens (tertiary/aromatic N) is 1. The highest BCUT2D eigenvalue weighted by Gasteiger charge is 2.35. The largest absolute Gasteiger partial charge is 0.452 e. The van der Waals surface area contributed by atoms with Crippen LogP contribution in [0.4, 0.5) is 5.69 Å². The molecule has 1 heterocycles. The Morgan fingerprint density at radius 1 is 1.10 bits per heavy atom. The number of esters is 1. The summed E-state index contributed by atoms with van der Waals surface area (Å²) in [7, 11) is 0. The van der Waals surface area contributed by atoms with E-state index in [-0.39, 0.29) is 23.2 Å². The number of ether oxygens (including phenoxy) is 1. The van der Waals surface area contributed by atoms with Gasteiger partial charge in [0.05, 0.1) is 16.7 Å². The van der Waals surface area contributed by atoms with E-state index in [9.17, 15) is 19.2 Å². The highest BCUT2D eigenvalue weighted by molar-refractivity contribution is 6.22. The molecule has 1 N–H and O–H groups in total. The van der Waals surface area contributed by atoms with Crippen LogP contribution in [0.1, 0.15) is 62.8 Å². The first-order valence-corrected chi connectivity index (χ1v) is 10.0. The van der Waals surface area contributed by atoms with E-state index in [4.69, 9.17) is 4.74 Å². The molecule has 1 aliphatic rings. The van der Waals surface area contributed by atoms with Gasteiger partial charge >= 0.3 is 5.97 Å². The van der Waals surface area contributed by atoms with E-state index < -0.39 is 30.3 Å². The van der Waals surface area contributed by atoms with Crippen LogP contribution in [0, 0.1) is 0 Å². The van der Waals surface area contributed by atoms with Crippen molar-refractivity contribution in [1.29, 1.82) is 0 Å². The molecule has 0 saturated heterocycles. The number of hydrogen-bond donors (Lipinski definition) is 1. The topological polar surface area (TPSA) is 92.8 Å². The Morgan fingerprint density at radius 3 is 2.42 bits per heavy atom. The number of anilines is 1. The molecule has 31 heavy (non-hydrogen) atoms. The van der Waals surface area contributed by atoms with Crippen molar-refractivity contribution in [3.05, 3.63) is 77.4 Å². The van der Waals surface area contributed by atoms with Crippen molar-refractivity contribution >= 4 is 29.4 Å². The summed E-state index contributed by atoms with van der Waals surface area (Å²) in [6.45, 7) is 7.39. The third-order valence-electron chi connectivity index (χ3n) is 5.23. The van der Waals surface area contributed by atoms with Crippen molar-refractivity contribution in [2.45, 2.75) is 26.2 Å². The molecule has 2 aromatic rings. The van der Waals surface area contributed by atoms with Gasteiger partial charge in [0.1, 0.15) is 0 Å². The second kappa shape index (κ2) is 9.38. The predicted molar refractivity (Wildman–Crippen MR) is 116 cm³/mol. The molecule has 0 bridgehead atoms. The van der Waals surface area contributed by atoms with Gasteiger partial charge in [0.2, 0.25) is 0 Å². The maximum absolute atomic E-state index is 12.4. The molecule has 0 spiro atoms. The number of rotatable bonds is 8.